The quantitative estimate of drug-likeness (QED) is 0.326. The Bertz CT molecular complexity index is 1150. The van der Waals surface area contributed by atoms with E-state index >= 15 is 0 Å². The third kappa shape index (κ3) is 4.99. The second-order valence-electron chi connectivity index (χ2n) is 7.68. The van der Waals surface area contributed by atoms with Crippen molar-refractivity contribution in [1.82, 2.24) is 4.90 Å². The average Bonchev–Trinajstić information content (AvgIpc) is 2.85. The van der Waals surface area contributed by atoms with E-state index in [0.717, 1.165) is 5.56 Å². The molecule has 2 aromatic rings. The van der Waals surface area contributed by atoms with Gasteiger partial charge >= 0.3 is 11.9 Å². The Morgan fingerprint density at radius 2 is 1.62 bits per heavy atom. The van der Waals surface area contributed by atoms with Gasteiger partial charge < -0.3 is 19.1 Å². The Balaban J connectivity index is 2.15. The first-order chi connectivity index (χ1) is 16.3. The standard InChI is InChI=1S/C25H26N2O7/c1-16-21(24(28)33-4)23(19-11-8-12-20(13-19)27(30)31)22(17(2)26(16)15-32-3)25(29)34-14-18-9-6-5-7-10-18/h5-13,23H,14-15H2,1-4H3/t23-/m1/s1. The summed E-state index contributed by atoms with van der Waals surface area (Å²) in [6.45, 7) is 3.54. The van der Waals surface area contributed by atoms with Crippen LogP contribution in [0.25, 0.3) is 0 Å². The summed E-state index contributed by atoms with van der Waals surface area (Å²) < 4.78 is 16.0. The largest absolute Gasteiger partial charge is 0.466 e. The van der Waals surface area contributed by atoms with Gasteiger partial charge in [-0.1, -0.05) is 42.5 Å². The topological polar surface area (TPSA) is 108 Å². The summed E-state index contributed by atoms with van der Waals surface area (Å²) in [5.41, 5.74) is 2.43. The zero-order valence-electron chi connectivity index (χ0n) is 19.4. The molecule has 0 aliphatic carbocycles. The highest BCUT2D eigenvalue weighted by molar-refractivity contribution is 5.99. The van der Waals surface area contributed by atoms with Crippen LogP contribution in [-0.2, 0) is 30.4 Å². The predicted octanol–water partition coefficient (Wildman–Crippen LogP) is 4.06. The first-order valence-corrected chi connectivity index (χ1v) is 10.5. The zero-order chi connectivity index (χ0) is 24.8. The number of benzene rings is 2. The Morgan fingerprint density at radius 1 is 0.971 bits per heavy atom. The maximum absolute atomic E-state index is 13.4. The summed E-state index contributed by atoms with van der Waals surface area (Å²) in [7, 11) is 2.74. The summed E-state index contributed by atoms with van der Waals surface area (Å²) >= 11 is 0. The van der Waals surface area contributed by atoms with E-state index in [1.165, 1.54) is 32.4 Å². The van der Waals surface area contributed by atoms with Crippen molar-refractivity contribution in [1.29, 1.82) is 0 Å². The highest BCUT2D eigenvalue weighted by Gasteiger charge is 2.41. The summed E-state index contributed by atoms with van der Waals surface area (Å²) in [6.07, 6.45) is 0. The lowest BCUT2D eigenvalue weighted by Crippen LogP contribution is -2.36. The maximum Gasteiger partial charge on any atom is 0.337 e. The fourth-order valence-electron chi connectivity index (χ4n) is 4.02. The lowest BCUT2D eigenvalue weighted by Gasteiger charge is -2.37. The van der Waals surface area contributed by atoms with E-state index in [4.69, 9.17) is 14.2 Å². The molecule has 178 valence electrons. The number of methoxy groups -OCH3 is 2. The number of non-ortho nitro benzene ring substituents is 1. The minimum absolute atomic E-state index is 0.0264. The second-order valence-corrected chi connectivity index (χ2v) is 7.68. The van der Waals surface area contributed by atoms with E-state index in [1.807, 2.05) is 30.3 Å². The van der Waals surface area contributed by atoms with Gasteiger partial charge in [-0.25, -0.2) is 9.59 Å². The van der Waals surface area contributed by atoms with Crippen molar-refractivity contribution in [3.63, 3.8) is 0 Å². The van der Waals surface area contributed by atoms with Crippen LogP contribution >= 0.6 is 0 Å². The molecule has 0 spiro atoms. The summed E-state index contributed by atoms with van der Waals surface area (Å²) in [5.74, 6) is -2.23. The van der Waals surface area contributed by atoms with Gasteiger partial charge in [0.15, 0.2) is 0 Å². The summed E-state index contributed by atoms with van der Waals surface area (Å²) in [6, 6.07) is 15.0. The molecule has 0 saturated carbocycles. The first kappa shape index (κ1) is 24.7. The number of carbonyl (C=O) groups is 2. The van der Waals surface area contributed by atoms with Crippen molar-refractivity contribution in [3.8, 4) is 0 Å². The van der Waals surface area contributed by atoms with Gasteiger partial charge in [-0.2, -0.15) is 0 Å². The normalized spacial score (nSPS) is 15.9. The zero-order valence-corrected chi connectivity index (χ0v) is 19.4. The molecule has 2 aromatic carbocycles. The van der Waals surface area contributed by atoms with Crippen molar-refractivity contribution < 1.29 is 28.7 Å². The van der Waals surface area contributed by atoms with Crippen molar-refractivity contribution in [2.45, 2.75) is 26.4 Å². The number of allylic oxidation sites excluding steroid dienone is 2. The molecular weight excluding hydrogens is 440 g/mol. The van der Waals surface area contributed by atoms with Crippen molar-refractivity contribution in [2.24, 2.45) is 0 Å². The summed E-state index contributed by atoms with van der Waals surface area (Å²) in [4.78, 5) is 38.9. The highest BCUT2D eigenvalue weighted by Crippen LogP contribution is 2.43. The number of nitrogens with zero attached hydrogens (tertiary/aromatic N) is 2. The Kier molecular flexibility index (Phi) is 7.80. The predicted molar refractivity (Wildman–Crippen MR) is 123 cm³/mol. The van der Waals surface area contributed by atoms with E-state index < -0.39 is 22.8 Å². The molecule has 0 aromatic heterocycles. The molecule has 9 heteroatoms. The first-order valence-electron chi connectivity index (χ1n) is 10.5. The van der Waals surface area contributed by atoms with Gasteiger partial charge in [-0.3, -0.25) is 10.1 Å². The molecule has 1 heterocycles. The molecule has 9 nitrogen and oxygen atoms in total. The Hall–Kier alpha value is -3.98. The van der Waals surface area contributed by atoms with Crippen molar-refractivity contribution in [3.05, 3.63) is 98.4 Å². The van der Waals surface area contributed by atoms with Crippen LogP contribution < -0.4 is 0 Å². The number of nitro groups is 1. The van der Waals surface area contributed by atoms with Crippen LogP contribution in [-0.4, -0.2) is 42.7 Å². The molecule has 0 unspecified atom stereocenters. The van der Waals surface area contributed by atoms with Crippen LogP contribution in [0.4, 0.5) is 5.69 Å². The van der Waals surface area contributed by atoms with Gasteiger partial charge in [0.1, 0.15) is 13.3 Å². The van der Waals surface area contributed by atoms with E-state index in [0.29, 0.717) is 17.0 Å². The number of rotatable bonds is 8. The van der Waals surface area contributed by atoms with Crippen LogP contribution in [0.5, 0.6) is 0 Å². The van der Waals surface area contributed by atoms with Gasteiger partial charge in [-0.05, 0) is 25.0 Å². The maximum atomic E-state index is 13.4. The van der Waals surface area contributed by atoms with Crippen LogP contribution in [0, 0.1) is 10.1 Å². The van der Waals surface area contributed by atoms with Crippen LogP contribution in [0.1, 0.15) is 30.9 Å². The molecule has 0 bridgehead atoms. The molecule has 0 saturated heterocycles. The number of hydrogen-bond acceptors (Lipinski definition) is 8. The van der Waals surface area contributed by atoms with Gasteiger partial charge in [-0.15, -0.1) is 0 Å². The Labute approximate surface area is 197 Å². The lowest BCUT2D eigenvalue weighted by molar-refractivity contribution is -0.384. The molecule has 0 radical (unpaired) electrons. The number of nitro benzene ring substituents is 1. The van der Waals surface area contributed by atoms with Crippen LogP contribution in [0.2, 0.25) is 0 Å². The number of ether oxygens (including phenoxy) is 3. The molecule has 34 heavy (non-hydrogen) atoms. The highest BCUT2D eigenvalue weighted by atomic mass is 16.6. The number of esters is 2. The van der Waals surface area contributed by atoms with E-state index in [-0.39, 0.29) is 30.2 Å². The van der Waals surface area contributed by atoms with Crippen molar-refractivity contribution >= 4 is 17.6 Å². The fraction of sp³-hybridized carbons (Fsp3) is 0.280. The molecule has 1 atom stereocenters. The molecule has 1 aliphatic heterocycles. The molecular formula is C25H26N2O7. The number of hydrogen-bond donors (Lipinski definition) is 0. The fourth-order valence-corrected chi connectivity index (χ4v) is 4.02. The van der Waals surface area contributed by atoms with E-state index in [2.05, 4.69) is 0 Å². The smallest absolute Gasteiger partial charge is 0.337 e. The van der Waals surface area contributed by atoms with E-state index in [1.54, 1.807) is 24.8 Å². The van der Waals surface area contributed by atoms with Crippen LogP contribution in [0.15, 0.2) is 77.1 Å². The van der Waals surface area contributed by atoms with Crippen molar-refractivity contribution in [2.75, 3.05) is 21.0 Å². The minimum atomic E-state index is -0.927. The van der Waals surface area contributed by atoms with E-state index in [9.17, 15) is 19.7 Å². The molecule has 3 rings (SSSR count). The monoisotopic (exact) mass is 466 g/mol. The Morgan fingerprint density at radius 3 is 2.21 bits per heavy atom. The summed E-state index contributed by atoms with van der Waals surface area (Å²) in [5, 5.41) is 11.4. The van der Waals surface area contributed by atoms with Gasteiger partial charge in [0, 0.05) is 30.6 Å². The molecule has 0 amide bonds. The minimum Gasteiger partial charge on any atom is -0.466 e. The molecule has 1 aliphatic rings. The van der Waals surface area contributed by atoms with Gasteiger partial charge in [0.2, 0.25) is 0 Å². The average molecular weight is 466 g/mol. The van der Waals surface area contributed by atoms with Crippen LogP contribution in [0.3, 0.4) is 0 Å². The third-order valence-corrected chi connectivity index (χ3v) is 5.68. The molecule has 0 N–H and O–H groups in total. The second kappa shape index (κ2) is 10.8. The van der Waals surface area contributed by atoms with Gasteiger partial charge in [0.25, 0.3) is 5.69 Å². The van der Waals surface area contributed by atoms with Gasteiger partial charge in [0.05, 0.1) is 29.1 Å². The lowest BCUT2D eigenvalue weighted by atomic mass is 9.79. The third-order valence-electron chi connectivity index (χ3n) is 5.68. The molecule has 0 fully saturated rings. The SMILES string of the molecule is COCN1C(C)=C(C(=O)OC)[C@@H](c2cccc([N+](=O)[O-])c2)C(C(=O)OCc2ccccc2)=C1C. The number of carbonyl (C=O) groups excluding carboxylic acids is 2.